The van der Waals surface area contributed by atoms with Crippen molar-refractivity contribution in [2.75, 3.05) is 19.9 Å². The first kappa shape index (κ1) is 20.5. The van der Waals surface area contributed by atoms with Crippen LogP contribution in [0.25, 0.3) is 5.69 Å². The van der Waals surface area contributed by atoms with Gasteiger partial charge in [-0.2, -0.15) is 0 Å². The molecule has 2 aliphatic rings. The van der Waals surface area contributed by atoms with Gasteiger partial charge >= 0.3 is 0 Å². The van der Waals surface area contributed by atoms with Gasteiger partial charge in [-0.05, 0) is 50.2 Å². The van der Waals surface area contributed by atoms with Crippen LogP contribution in [0.3, 0.4) is 0 Å². The molecule has 0 N–H and O–H groups in total. The van der Waals surface area contributed by atoms with Gasteiger partial charge in [0, 0.05) is 22.6 Å². The van der Waals surface area contributed by atoms with Crippen molar-refractivity contribution < 1.29 is 13.9 Å². The van der Waals surface area contributed by atoms with Crippen molar-refractivity contribution in [1.29, 1.82) is 0 Å². The van der Waals surface area contributed by atoms with Crippen molar-refractivity contribution in [2.24, 2.45) is 0 Å². The van der Waals surface area contributed by atoms with Gasteiger partial charge < -0.3 is 9.47 Å². The molecular formula is C23H25FN4O2S. The number of halogens is 1. The number of nitrogens with zero attached hydrogens (tertiary/aromatic N) is 4. The van der Waals surface area contributed by atoms with Crippen LogP contribution < -0.4 is 4.74 Å². The molecule has 0 amide bonds. The van der Waals surface area contributed by atoms with E-state index >= 15 is 0 Å². The quantitative estimate of drug-likeness (QED) is 0.524. The molecule has 2 aromatic carbocycles. The predicted octanol–water partition coefficient (Wildman–Crippen LogP) is 4.55. The second-order valence-electron chi connectivity index (χ2n) is 7.86. The summed E-state index contributed by atoms with van der Waals surface area (Å²) in [7, 11) is 0. The number of aromatic nitrogens is 3. The van der Waals surface area contributed by atoms with E-state index < -0.39 is 0 Å². The van der Waals surface area contributed by atoms with E-state index in [2.05, 4.69) is 31.8 Å². The van der Waals surface area contributed by atoms with Crippen molar-refractivity contribution in [3.63, 3.8) is 0 Å². The second kappa shape index (κ2) is 9.38. The molecule has 0 aliphatic carbocycles. The summed E-state index contributed by atoms with van der Waals surface area (Å²) in [6.45, 7) is 3.53. The van der Waals surface area contributed by atoms with E-state index in [1.54, 1.807) is 11.8 Å². The number of hydrogen-bond donors (Lipinski definition) is 0. The number of thioether (sulfide) groups is 1. The van der Waals surface area contributed by atoms with Crippen molar-refractivity contribution in [2.45, 2.75) is 43.3 Å². The summed E-state index contributed by atoms with van der Waals surface area (Å²) in [5, 5.41) is 9.82. The van der Waals surface area contributed by atoms with E-state index in [0.717, 1.165) is 53.2 Å². The molecule has 1 aromatic heterocycles. The van der Waals surface area contributed by atoms with Crippen LogP contribution >= 0.6 is 11.8 Å². The van der Waals surface area contributed by atoms with Crippen molar-refractivity contribution in [3.05, 3.63) is 65.2 Å². The number of rotatable bonds is 6. The third kappa shape index (κ3) is 4.61. The molecule has 1 saturated heterocycles. The molecular weight excluding hydrogens is 415 g/mol. The third-order valence-electron chi connectivity index (χ3n) is 5.64. The summed E-state index contributed by atoms with van der Waals surface area (Å²) in [4.78, 5) is 2.44. The van der Waals surface area contributed by atoms with Crippen LogP contribution in [0.15, 0.2) is 47.6 Å². The highest BCUT2D eigenvalue weighted by Crippen LogP contribution is 2.34. The van der Waals surface area contributed by atoms with Gasteiger partial charge in [0.15, 0.2) is 17.8 Å². The topological polar surface area (TPSA) is 52.4 Å². The van der Waals surface area contributed by atoms with Crippen LogP contribution in [-0.4, -0.2) is 39.5 Å². The number of piperidine rings is 1. The molecule has 0 spiro atoms. The minimum atomic E-state index is -0.279. The lowest BCUT2D eigenvalue weighted by Crippen LogP contribution is -2.30. The van der Waals surface area contributed by atoms with E-state index in [1.165, 1.54) is 31.4 Å². The fourth-order valence-electron chi connectivity index (χ4n) is 4.16. The lowest BCUT2D eigenvalue weighted by Gasteiger charge is -2.26. The zero-order valence-electron chi connectivity index (χ0n) is 17.3. The van der Waals surface area contributed by atoms with E-state index in [9.17, 15) is 4.39 Å². The number of likely N-dealkylation sites (tertiary alicyclic amines) is 1. The minimum absolute atomic E-state index is 0.191. The maximum absolute atomic E-state index is 14.1. The summed E-state index contributed by atoms with van der Waals surface area (Å²) < 4.78 is 27.2. The third-order valence-corrected chi connectivity index (χ3v) is 6.61. The van der Waals surface area contributed by atoms with E-state index in [1.807, 2.05) is 18.2 Å². The molecule has 0 radical (unpaired) electrons. The molecule has 5 rings (SSSR count). The van der Waals surface area contributed by atoms with Crippen LogP contribution in [0.5, 0.6) is 5.75 Å². The summed E-state index contributed by atoms with van der Waals surface area (Å²) in [6.07, 6.45) is 3.76. The predicted molar refractivity (Wildman–Crippen MR) is 117 cm³/mol. The van der Waals surface area contributed by atoms with Crippen LogP contribution in [0.4, 0.5) is 4.39 Å². The summed E-state index contributed by atoms with van der Waals surface area (Å²) in [6, 6.07) is 13.2. The Hall–Kier alpha value is -2.42. The molecule has 0 bridgehead atoms. The zero-order chi connectivity index (χ0) is 21.0. The SMILES string of the molecule is Fc1cc2c(c(CSc3nnc(CN4CCCCC4)n3-c3ccccc3)c1)OCOC2. The average Bonchev–Trinajstić information content (AvgIpc) is 3.21. The number of ether oxygens (including phenoxy) is 2. The summed E-state index contributed by atoms with van der Waals surface area (Å²) in [5.74, 6) is 1.91. The highest BCUT2D eigenvalue weighted by molar-refractivity contribution is 7.98. The Morgan fingerprint density at radius 3 is 2.71 bits per heavy atom. The van der Waals surface area contributed by atoms with Gasteiger partial charge in [-0.15, -0.1) is 10.2 Å². The monoisotopic (exact) mass is 440 g/mol. The Kier molecular flexibility index (Phi) is 6.20. The van der Waals surface area contributed by atoms with Gasteiger partial charge in [0.05, 0.1) is 13.2 Å². The van der Waals surface area contributed by atoms with Gasteiger partial charge in [-0.3, -0.25) is 9.47 Å². The normalized spacial score (nSPS) is 16.7. The number of para-hydroxylation sites is 1. The second-order valence-corrected chi connectivity index (χ2v) is 8.80. The van der Waals surface area contributed by atoms with Crippen LogP contribution in [0.2, 0.25) is 0 Å². The van der Waals surface area contributed by atoms with Crippen LogP contribution in [-0.2, 0) is 23.6 Å². The van der Waals surface area contributed by atoms with Crippen LogP contribution in [0, 0.1) is 5.82 Å². The maximum Gasteiger partial charge on any atom is 0.196 e. The zero-order valence-corrected chi connectivity index (χ0v) is 18.1. The Labute approximate surface area is 185 Å². The Morgan fingerprint density at radius 2 is 1.87 bits per heavy atom. The van der Waals surface area contributed by atoms with Gasteiger partial charge in [0.2, 0.25) is 0 Å². The minimum Gasteiger partial charge on any atom is -0.467 e. The molecule has 0 unspecified atom stereocenters. The lowest BCUT2D eigenvalue weighted by molar-refractivity contribution is -0.0171. The molecule has 1 fully saturated rings. The summed E-state index contributed by atoms with van der Waals surface area (Å²) >= 11 is 1.54. The molecule has 3 heterocycles. The van der Waals surface area contributed by atoms with E-state index in [0.29, 0.717) is 12.4 Å². The largest absolute Gasteiger partial charge is 0.467 e. The average molecular weight is 441 g/mol. The van der Waals surface area contributed by atoms with Gasteiger partial charge in [0.25, 0.3) is 0 Å². The maximum atomic E-state index is 14.1. The van der Waals surface area contributed by atoms with E-state index in [4.69, 9.17) is 9.47 Å². The molecule has 31 heavy (non-hydrogen) atoms. The fourth-order valence-corrected chi connectivity index (χ4v) is 5.09. The highest BCUT2D eigenvalue weighted by Gasteiger charge is 2.21. The highest BCUT2D eigenvalue weighted by atomic mass is 32.2. The lowest BCUT2D eigenvalue weighted by atomic mass is 10.1. The summed E-state index contributed by atoms with van der Waals surface area (Å²) in [5.41, 5.74) is 2.59. The van der Waals surface area contributed by atoms with E-state index in [-0.39, 0.29) is 12.6 Å². The molecule has 8 heteroatoms. The Balaban J connectivity index is 1.42. The molecule has 6 nitrogen and oxygen atoms in total. The number of hydrogen-bond acceptors (Lipinski definition) is 6. The number of benzene rings is 2. The molecule has 3 aromatic rings. The first-order chi connectivity index (χ1) is 15.3. The number of fused-ring (bicyclic) bond motifs is 1. The molecule has 0 atom stereocenters. The Morgan fingerprint density at radius 1 is 1.03 bits per heavy atom. The smallest absolute Gasteiger partial charge is 0.196 e. The van der Waals surface area contributed by atoms with Crippen molar-refractivity contribution in [1.82, 2.24) is 19.7 Å². The first-order valence-corrected chi connectivity index (χ1v) is 11.6. The molecule has 162 valence electrons. The first-order valence-electron chi connectivity index (χ1n) is 10.6. The van der Waals surface area contributed by atoms with Gasteiger partial charge in [0.1, 0.15) is 11.6 Å². The molecule has 2 aliphatic heterocycles. The van der Waals surface area contributed by atoms with Crippen LogP contribution in [0.1, 0.15) is 36.2 Å². The van der Waals surface area contributed by atoms with Crippen molar-refractivity contribution >= 4 is 11.8 Å². The van der Waals surface area contributed by atoms with Gasteiger partial charge in [-0.1, -0.05) is 36.4 Å². The Bertz CT molecular complexity index is 1040. The standard InChI is InChI=1S/C23H25FN4O2S/c24-19-11-17-14-29-16-30-22(17)18(12-19)15-31-23-26-25-21(13-27-9-5-2-6-10-27)28(23)20-7-3-1-4-8-20/h1,3-4,7-8,11-12H,2,5-6,9-10,13-16H2. The fraction of sp³-hybridized carbons (Fsp3) is 0.391. The van der Waals surface area contributed by atoms with Gasteiger partial charge in [-0.25, -0.2) is 4.39 Å². The van der Waals surface area contributed by atoms with Crippen molar-refractivity contribution in [3.8, 4) is 11.4 Å². The molecule has 0 saturated carbocycles.